The van der Waals surface area contributed by atoms with Crippen LogP contribution < -0.4 is 0 Å². The molecule has 78 valence electrons. The number of aliphatic hydroxyl groups is 1. The Hall–Kier alpha value is -1.81. The predicted molar refractivity (Wildman–Crippen MR) is 55.8 cm³/mol. The highest BCUT2D eigenvalue weighted by Crippen LogP contribution is 2.14. The summed E-state index contributed by atoms with van der Waals surface area (Å²) in [5.41, 5.74) is 0.806. The lowest BCUT2D eigenvalue weighted by Gasteiger charge is -2.04. The number of hydrogen-bond acceptors (Lipinski definition) is 3. The minimum atomic E-state index is -0.467. The van der Waals surface area contributed by atoms with Crippen LogP contribution in [0.25, 0.3) is 10.9 Å². The van der Waals surface area contributed by atoms with Crippen LogP contribution in [0.5, 0.6) is 0 Å². The molecule has 0 aliphatic heterocycles. The van der Waals surface area contributed by atoms with E-state index < -0.39 is 6.09 Å². The minimum Gasteiger partial charge on any atom is -0.446 e. The Balaban J connectivity index is 2.31. The molecular weight excluding hydrogens is 194 g/mol. The van der Waals surface area contributed by atoms with Crippen molar-refractivity contribution in [3.8, 4) is 0 Å². The second-order valence-electron chi connectivity index (χ2n) is 3.08. The van der Waals surface area contributed by atoms with Gasteiger partial charge >= 0.3 is 6.09 Å². The monoisotopic (exact) mass is 205 g/mol. The fourth-order valence-electron chi connectivity index (χ4n) is 1.44. The number of carbonyl (C=O) groups is 1. The molecule has 2 rings (SSSR count). The van der Waals surface area contributed by atoms with Gasteiger partial charge in [-0.15, -0.1) is 0 Å². The van der Waals surface area contributed by atoms with Crippen molar-refractivity contribution in [3.05, 3.63) is 36.5 Å². The van der Waals surface area contributed by atoms with Crippen molar-refractivity contribution >= 4 is 17.0 Å². The van der Waals surface area contributed by atoms with Gasteiger partial charge in [-0.05, 0) is 12.1 Å². The van der Waals surface area contributed by atoms with Crippen LogP contribution in [-0.4, -0.2) is 29.0 Å². The Morgan fingerprint density at radius 1 is 1.33 bits per heavy atom. The van der Waals surface area contributed by atoms with Crippen molar-refractivity contribution in [3.63, 3.8) is 0 Å². The SMILES string of the molecule is O=C(OCCO)n1ccc2ccccc21. The Morgan fingerprint density at radius 2 is 2.13 bits per heavy atom. The van der Waals surface area contributed by atoms with Gasteiger partial charge in [-0.25, -0.2) is 4.79 Å². The lowest BCUT2D eigenvalue weighted by Crippen LogP contribution is -2.14. The van der Waals surface area contributed by atoms with E-state index in [2.05, 4.69) is 0 Å². The smallest absolute Gasteiger partial charge is 0.418 e. The molecule has 0 aliphatic rings. The van der Waals surface area contributed by atoms with E-state index in [1.54, 1.807) is 6.20 Å². The van der Waals surface area contributed by atoms with Crippen molar-refractivity contribution in [2.45, 2.75) is 0 Å². The largest absolute Gasteiger partial charge is 0.446 e. The maximum atomic E-state index is 11.5. The number of para-hydroxylation sites is 1. The van der Waals surface area contributed by atoms with Gasteiger partial charge in [-0.2, -0.15) is 0 Å². The third kappa shape index (κ3) is 1.85. The first kappa shape index (κ1) is 9.73. The summed E-state index contributed by atoms with van der Waals surface area (Å²) in [6.07, 6.45) is 1.19. The molecule has 0 atom stereocenters. The fraction of sp³-hybridized carbons (Fsp3) is 0.182. The number of hydrogen-bond donors (Lipinski definition) is 1. The Morgan fingerprint density at radius 3 is 2.93 bits per heavy atom. The fourth-order valence-corrected chi connectivity index (χ4v) is 1.44. The highest BCUT2D eigenvalue weighted by molar-refractivity contribution is 5.89. The molecule has 0 unspecified atom stereocenters. The van der Waals surface area contributed by atoms with Gasteiger partial charge in [0.2, 0.25) is 0 Å². The van der Waals surface area contributed by atoms with Gasteiger partial charge in [0.05, 0.1) is 12.1 Å². The second-order valence-corrected chi connectivity index (χ2v) is 3.08. The van der Waals surface area contributed by atoms with E-state index in [1.165, 1.54) is 4.57 Å². The maximum absolute atomic E-state index is 11.5. The molecule has 1 N–H and O–H groups in total. The van der Waals surface area contributed by atoms with Crippen molar-refractivity contribution < 1.29 is 14.6 Å². The number of aliphatic hydroxyl groups excluding tert-OH is 1. The zero-order valence-electron chi connectivity index (χ0n) is 8.09. The van der Waals surface area contributed by atoms with Crippen LogP contribution in [0, 0.1) is 0 Å². The van der Waals surface area contributed by atoms with E-state index in [4.69, 9.17) is 9.84 Å². The summed E-state index contributed by atoms with van der Waals surface area (Å²) >= 11 is 0. The molecule has 4 nitrogen and oxygen atoms in total. The summed E-state index contributed by atoms with van der Waals surface area (Å²) in [6, 6.07) is 9.38. The summed E-state index contributed by atoms with van der Waals surface area (Å²) in [7, 11) is 0. The molecule has 0 saturated heterocycles. The number of fused-ring (bicyclic) bond motifs is 1. The molecule has 0 fully saturated rings. The first-order valence-corrected chi connectivity index (χ1v) is 4.67. The minimum absolute atomic E-state index is 0.0192. The number of nitrogens with zero attached hydrogens (tertiary/aromatic N) is 1. The molecule has 0 bridgehead atoms. The van der Waals surface area contributed by atoms with Crippen molar-refractivity contribution in [1.82, 2.24) is 4.57 Å². The Bertz CT molecular complexity index is 475. The molecule has 15 heavy (non-hydrogen) atoms. The van der Waals surface area contributed by atoms with Crippen molar-refractivity contribution in [2.75, 3.05) is 13.2 Å². The normalized spacial score (nSPS) is 10.5. The zero-order chi connectivity index (χ0) is 10.7. The molecule has 4 heteroatoms. The standard InChI is InChI=1S/C11H11NO3/c13-7-8-15-11(14)12-6-5-9-3-1-2-4-10(9)12/h1-6,13H,7-8H2. The maximum Gasteiger partial charge on any atom is 0.418 e. The highest BCUT2D eigenvalue weighted by atomic mass is 16.6. The van der Waals surface area contributed by atoms with E-state index in [0.29, 0.717) is 0 Å². The van der Waals surface area contributed by atoms with Crippen LogP contribution >= 0.6 is 0 Å². The second kappa shape index (κ2) is 4.14. The molecule has 0 radical (unpaired) electrons. The topological polar surface area (TPSA) is 51.5 Å². The van der Waals surface area contributed by atoms with Crippen LogP contribution in [0.4, 0.5) is 4.79 Å². The first-order chi connectivity index (χ1) is 7.33. The van der Waals surface area contributed by atoms with E-state index >= 15 is 0 Å². The van der Waals surface area contributed by atoms with E-state index in [9.17, 15) is 4.79 Å². The molecule has 0 spiro atoms. The van der Waals surface area contributed by atoms with Crippen LogP contribution in [0.3, 0.4) is 0 Å². The number of carbonyl (C=O) groups excluding carboxylic acids is 1. The van der Waals surface area contributed by atoms with Gasteiger partial charge in [0.25, 0.3) is 0 Å². The lowest BCUT2D eigenvalue weighted by molar-refractivity contribution is 0.121. The van der Waals surface area contributed by atoms with Crippen LogP contribution in [0.2, 0.25) is 0 Å². The highest BCUT2D eigenvalue weighted by Gasteiger charge is 2.08. The van der Waals surface area contributed by atoms with Gasteiger partial charge in [0, 0.05) is 11.6 Å². The average molecular weight is 205 g/mol. The molecule has 0 saturated carbocycles. The van der Waals surface area contributed by atoms with E-state index in [-0.39, 0.29) is 13.2 Å². The zero-order valence-corrected chi connectivity index (χ0v) is 8.09. The molecule has 1 heterocycles. The number of rotatable bonds is 2. The first-order valence-electron chi connectivity index (χ1n) is 4.67. The summed E-state index contributed by atoms with van der Waals surface area (Å²) in [6.45, 7) is -0.143. The summed E-state index contributed by atoms with van der Waals surface area (Å²) in [5.74, 6) is 0. The third-order valence-electron chi connectivity index (χ3n) is 2.11. The summed E-state index contributed by atoms with van der Waals surface area (Å²) in [4.78, 5) is 11.5. The van der Waals surface area contributed by atoms with Gasteiger partial charge < -0.3 is 9.84 Å². The van der Waals surface area contributed by atoms with Gasteiger partial charge in [-0.3, -0.25) is 4.57 Å². The molecule has 1 aromatic heterocycles. The predicted octanol–water partition coefficient (Wildman–Crippen LogP) is 1.62. The molecule has 0 amide bonds. The van der Waals surface area contributed by atoms with Gasteiger partial charge in [0.1, 0.15) is 6.61 Å². The average Bonchev–Trinajstić information content (AvgIpc) is 2.69. The molecule has 1 aromatic carbocycles. The number of ether oxygens (including phenoxy) is 1. The van der Waals surface area contributed by atoms with Crippen LogP contribution in [0.15, 0.2) is 36.5 Å². The Labute approximate surface area is 86.7 Å². The van der Waals surface area contributed by atoms with Crippen LogP contribution in [0.1, 0.15) is 0 Å². The Kier molecular flexibility index (Phi) is 2.69. The lowest BCUT2D eigenvalue weighted by atomic mass is 10.2. The van der Waals surface area contributed by atoms with Crippen molar-refractivity contribution in [2.24, 2.45) is 0 Å². The van der Waals surface area contributed by atoms with Gasteiger partial charge in [-0.1, -0.05) is 18.2 Å². The van der Waals surface area contributed by atoms with Gasteiger partial charge in [0.15, 0.2) is 0 Å². The quantitative estimate of drug-likeness (QED) is 0.810. The third-order valence-corrected chi connectivity index (χ3v) is 2.11. The molecule has 0 aliphatic carbocycles. The van der Waals surface area contributed by atoms with Crippen LogP contribution in [-0.2, 0) is 4.74 Å². The summed E-state index contributed by atoms with van der Waals surface area (Å²) in [5, 5.41) is 9.52. The molecule has 2 aromatic rings. The summed E-state index contributed by atoms with van der Waals surface area (Å²) < 4.78 is 6.24. The van der Waals surface area contributed by atoms with E-state index in [0.717, 1.165) is 10.9 Å². The van der Waals surface area contributed by atoms with Crippen molar-refractivity contribution in [1.29, 1.82) is 0 Å². The molecular formula is C11H11NO3. The van der Waals surface area contributed by atoms with E-state index in [1.807, 2.05) is 30.3 Å². The number of benzene rings is 1. The number of aromatic nitrogens is 1.